The van der Waals surface area contributed by atoms with Crippen LogP contribution >= 0.6 is 0 Å². The summed E-state index contributed by atoms with van der Waals surface area (Å²) in [6.45, 7) is 2.66. The number of anilines is 1. The van der Waals surface area contributed by atoms with Crippen LogP contribution in [-0.2, 0) is 0 Å². The van der Waals surface area contributed by atoms with E-state index in [4.69, 9.17) is 4.74 Å². The van der Waals surface area contributed by atoms with Crippen molar-refractivity contribution in [2.75, 3.05) is 18.1 Å². The molecule has 0 aliphatic carbocycles. The minimum atomic E-state index is -0.223. The van der Waals surface area contributed by atoms with E-state index < -0.39 is 0 Å². The van der Waals surface area contributed by atoms with Crippen LogP contribution in [0.25, 0.3) is 16.6 Å². The molecule has 0 radical (unpaired) electrons. The summed E-state index contributed by atoms with van der Waals surface area (Å²) in [6.07, 6.45) is 3.39. The van der Waals surface area contributed by atoms with Gasteiger partial charge in [-0.2, -0.15) is 0 Å². The van der Waals surface area contributed by atoms with Gasteiger partial charge in [-0.1, -0.05) is 11.3 Å². The van der Waals surface area contributed by atoms with Crippen LogP contribution in [0.3, 0.4) is 0 Å². The lowest BCUT2D eigenvalue weighted by atomic mass is 10.1. The van der Waals surface area contributed by atoms with Crippen LogP contribution in [-0.4, -0.2) is 44.0 Å². The summed E-state index contributed by atoms with van der Waals surface area (Å²) in [7, 11) is 0. The van der Waals surface area contributed by atoms with E-state index in [-0.39, 0.29) is 5.91 Å². The highest BCUT2D eigenvalue weighted by Crippen LogP contribution is 2.30. The lowest BCUT2D eigenvalue weighted by Crippen LogP contribution is -2.38. The smallest absolute Gasteiger partial charge is 0.281 e. The highest BCUT2D eigenvalue weighted by Gasteiger charge is 2.29. The summed E-state index contributed by atoms with van der Waals surface area (Å²) in [4.78, 5) is 23.4. The number of pyridine rings is 2. The third kappa shape index (κ3) is 2.50. The summed E-state index contributed by atoms with van der Waals surface area (Å²) >= 11 is 0. The van der Waals surface area contributed by atoms with Crippen LogP contribution in [0, 0.1) is 6.92 Å². The zero-order valence-electron chi connectivity index (χ0n) is 15.1. The Labute approximate surface area is 160 Å². The second kappa shape index (κ2) is 6.41. The van der Waals surface area contributed by atoms with E-state index in [2.05, 4.69) is 20.3 Å². The maximum atomic E-state index is 13.2. The number of amides is 1. The Bertz CT molecular complexity index is 1200. The summed E-state index contributed by atoms with van der Waals surface area (Å²) in [5, 5.41) is 9.38. The van der Waals surface area contributed by atoms with Crippen molar-refractivity contribution in [2.45, 2.75) is 6.92 Å². The van der Waals surface area contributed by atoms with Crippen molar-refractivity contribution in [3.63, 3.8) is 0 Å². The zero-order chi connectivity index (χ0) is 19.1. The highest BCUT2D eigenvalue weighted by molar-refractivity contribution is 6.06. The van der Waals surface area contributed by atoms with Crippen molar-refractivity contribution in [1.82, 2.24) is 25.0 Å². The molecule has 0 atom stereocenters. The van der Waals surface area contributed by atoms with Gasteiger partial charge in [-0.15, -0.1) is 5.10 Å². The molecule has 0 saturated heterocycles. The Balaban J connectivity index is 1.57. The maximum absolute atomic E-state index is 13.2. The van der Waals surface area contributed by atoms with Gasteiger partial charge in [0.05, 0.1) is 23.4 Å². The molecule has 1 aromatic carbocycles. The monoisotopic (exact) mass is 372 g/mol. The van der Waals surface area contributed by atoms with Crippen molar-refractivity contribution in [3.8, 4) is 11.6 Å². The molecule has 138 valence electrons. The van der Waals surface area contributed by atoms with Gasteiger partial charge in [0.25, 0.3) is 5.91 Å². The van der Waals surface area contributed by atoms with Crippen LogP contribution in [0.5, 0.6) is 5.88 Å². The molecule has 1 amide bonds. The summed E-state index contributed by atoms with van der Waals surface area (Å²) in [6, 6.07) is 13.2. The third-order valence-corrected chi connectivity index (χ3v) is 4.79. The van der Waals surface area contributed by atoms with Crippen LogP contribution < -0.4 is 9.64 Å². The van der Waals surface area contributed by atoms with Crippen LogP contribution in [0.2, 0.25) is 0 Å². The van der Waals surface area contributed by atoms with Gasteiger partial charge in [0.2, 0.25) is 5.88 Å². The molecule has 0 saturated carbocycles. The molecule has 5 rings (SSSR count). The molecule has 1 aliphatic heterocycles. The molecule has 4 aromatic rings. The summed E-state index contributed by atoms with van der Waals surface area (Å²) < 4.78 is 7.22. The molecule has 4 heterocycles. The van der Waals surface area contributed by atoms with Crippen molar-refractivity contribution < 1.29 is 9.53 Å². The number of rotatable bonds is 2. The van der Waals surface area contributed by atoms with E-state index >= 15 is 0 Å². The van der Waals surface area contributed by atoms with Crippen LogP contribution in [0.4, 0.5) is 5.69 Å². The number of nitrogens with zero attached hydrogens (tertiary/aromatic N) is 6. The van der Waals surface area contributed by atoms with Crippen LogP contribution in [0.15, 0.2) is 54.9 Å². The lowest BCUT2D eigenvalue weighted by Gasteiger charge is -2.27. The zero-order valence-corrected chi connectivity index (χ0v) is 15.1. The van der Waals surface area contributed by atoms with E-state index in [0.29, 0.717) is 36.1 Å². The predicted molar refractivity (Wildman–Crippen MR) is 103 cm³/mol. The molecule has 8 heteroatoms. The molecule has 1 aliphatic rings. The Kier molecular flexibility index (Phi) is 3.75. The van der Waals surface area contributed by atoms with Gasteiger partial charge in [-0.25, -0.2) is 9.67 Å². The fourth-order valence-electron chi connectivity index (χ4n) is 3.42. The van der Waals surface area contributed by atoms with Gasteiger partial charge in [-0.05, 0) is 43.3 Å². The minimum Gasteiger partial charge on any atom is -0.474 e. The molecule has 3 aromatic heterocycles. The molecule has 0 unspecified atom stereocenters. The van der Waals surface area contributed by atoms with E-state index in [1.807, 2.05) is 43.3 Å². The molecule has 0 bridgehead atoms. The fourth-order valence-corrected chi connectivity index (χ4v) is 3.42. The number of fused-ring (bicyclic) bond motifs is 2. The number of benzene rings is 1. The van der Waals surface area contributed by atoms with Crippen LogP contribution in [0.1, 0.15) is 16.2 Å². The van der Waals surface area contributed by atoms with Gasteiger partial charge < -0.3 is 4.74 Å². The first kappa shape index (κ1) is 16.4. The normalized spacial score (nSPS) is 13.2. The third-order valence-electron chi connectivity index (χ3n) is 4.79. The molecule has 0 spiro atoms. The number of aromatic nitrogens is 5. The Morgan fingerprint density at radius 2 is 1.86 bits per heavy atom. The van der Waals surface area contributed by atoms with Gasteiger partial charge in [0.1, 0.15) is 12.3 Å². The Morgan fingerprint density at radius 1 is 1.04 bits per heavy atom. The average molecular weight is 372 g/mol. The standard InChI is InChI=1S/C20H16N6O2/c1-13-18(20(27)25-11-12-28-19-17(25)8-4-10-22-19)23-24-26(13)16-7-2-6-15-14(16)5-3-9-21-15/h2-10H,11-12H2,1H3. The fraction of sp³-hybridized carbons (Fsp3) is 0.150. The molecule has 28 heavy (non-hydrogen) atoms. The number of ether oxygens (including phenoxy) is 1. The van der Waals surface area contributed by atoms with E-state index in [1.54, 1.807) is 28.0 Å². The van der Waals surface area contributed by atoms with Crippen molar-refractivity contribution >= 4 is 22.5 Å². The maximum Gasteiger partial charge on any atom is 0.281 e. The van der Waals surface area contributed by atoms with Crippen molar-refractivity contribution in [2.24, 2.45) is 0 Å². The second-order valence-corrected chi connectivity index (χ2v) is 6.42. The lowest BCUT2D eigenvalue weighted by molar-refractivity contribution is 0.0970. The SMILES string of the molecule is Cc1c(C(=O)N2CCOc3ncccc32)nnn1-c1cccc2ncccc12. The molecular formula is C20H16N6O2. The van der Waals surface area contributed by atoms with E-state index in [0.717, 1.165) is 16.6 Å². The van der Waals surface area contributed by atoms with Gasteiger partial charge in [0, 0.05) is 17.8 Å². The minimum absolute atomic E-state index is 0.223. The van der Waals surface area contributed by atoms with Crippen molar-refractivity contribution in [1.29, 1.82) is 0 Å². The number of hydrogen-bond acceptors (Lipinski definition) is 6. The summed E-state index contributed by atoms with van der Waals surface area (Å²) in [5.41, 5.74) is 3.30. The van der Waals surface area contributed by atoms with Gasteiger partial charge in [0.15, 0.2) is 5.69 Å². The quantitative estimate of drug-likeness (QED) is 0.538. The van der Waals surface area contributed by atoms with Gasteiger partial charge >= 0.3 is 0 Å². The number of carbonyl (C=O) groups is 1. The largest absolute Gasteiger partial charge is 0.474 e. The van der Waals surface area contributed by atoms with Crippen molar-refractivity contribution in [3.05, 3.63) is 66.2 Å². The van der Waals surface area contributed by atoms with Gasteiger partial charge in [-0.3, -0.25) is 14.7 Å². The number of carbonyl (C=O) groups excluding carboxylic acids is 1. The first-order valence-corrected chi connectivity index (χ1v) is 8.90. The Morgan fingerprint density at radius 3 is 2.79 bits per heavy atom. The first-order chi connectivity index (χ1) is 13.7. The predicted octanol–water partition coefficient (Wildman–Crippen LogP) is 2.56. The average Bonchev–Trinajstić information content (AvgIpc) is 3.13. The Hall–Kier alpha value is -3.81. The highest BCUT2D eigenvalue weighted by atomic mass is 16.5. The van der Waals surface area contributed by atoms with E-state index in [9.17, 15) is 4.79 Å². The topological polar surface area (TPSA) is 86.0 Å². The second-order valence-electron chi connectivity index (χ2n) is 6.42. The molecule has 8 nitrogen and oxygen atoms in total. The molecule has 0 fully saturated rings. The van der Waals surface area contributed by atoms with E-state index in [1.165, 1.54) is 0 Å². The first-order valence-electron chi connectivity index (χ1n) is 8.90. The summed E-state index contributed by atoms with van der Waals surface area (Å²) in [5.74, 6) is 0.229. The molecular weight excluding hydrogens is 356 g/mol. The number of hydrogen-bond donors (Lipinski definition) is 0. The molecule has 0 N–H and O–H groups in total.